The monoisotopic (exact) mass is 819 g/mol. The standard InChI is InChI=1S/C60H37NO3/c1-5-16-38(17-6-1)42-28-30-49-55(36-42)64-60-46(41-22-11-4-12-23-41)33-34-51(57(49)60)61(52-26-15-25-48-47-24-13-14-27-53(47)62-58(48)52)43-29-35-54-50(37-43)56-44(39-18-7-2-8-19-39)31-32-45(59(56)63-54)40-20-9-3-10-21-40/h1-37H. The molecule has 0 radical (unpaired) electrons. The predicted molar refractivity (Wildman–Crippen MR) is 265 cm³/mol. The predicted octanol–water partition coefficient (Wildman–Crippen LogP) is 17.5. The zero-order chi connectivity index (χ0) is 42.1. The highest BCUT2D eigenvalue weighted by Gasteiger charge is 2.27. The van der Waals surface area contributed by atoms with Crippen molar-refractivity contribution >= 4 is 82.9 Å². The van der Waals surface area contributed by atoms with Crippen LogP contribution in [0.25, 0.3) is 110 Å². The summed E-state index contributed by atoms with van der Waals surface area (Å²) in [5, 5.41) is 6.25. The summed E-state index contributed by atoms with van der Waals surface area (Å²) in [4.78, 5) is 2.35. The molecule has 0 aliphatic rings. The zero-order valence-electron chi connectivity index (χ0n) is 34.5. The van der Waals surface area contributed by atoms with Crippen molar-refractivity contribution in [3.8, 4) is 44.5 Å². The molecule has 0 spiro atoms. The molecule has 10 aromatic carbocycles. The highest BCUT2D eigenvalue weighted by atomic mass is 16.3. The lowest BCUT2D eigenvalue weighted by atomic mass is 9.94. The van der Waals surface area contributed by atoms with Gasteiger partial charge in [0.15, 0.2) is 5.58 Å². The summed E-state index contributed by atoms with van der Waals surface area (Å²) in [6.45, 7) is 0. The first kappa shape index (κ1) is 36.1. The summed E-state index contributed by atoms with van der Waals surface area (Å²) in [5.41, 5.74) is 16.5. The van der Waals surface area contributed by atoms with Gasteiger partial charge in [-0.1, -0.05) is 164 Å². The van der Waals surface area contributed by atoms with Crippen molar-refractivity contribution in [3.05, 3.63) is 224 Å². The van der Waals surface area contributed by atoms with E-state index in [9.17, 15) is 0 Å². The van der Waals surface area contributed by atoms with Crippen LogP contribution in [0.1, 0.15) is 0 Å². The van der Waals surface area contributed by atoms with E-state index >= 15 is 0 Å². The van der Waals surface area contributed by atoms with Crippen LogP contribution in [0.3, 0.4) is 0 Å². The summed E-state index contributed by atoms with van der Waals surface area (Å²) in [5.74, 6) is 0. The van der Waals surface area contributed by atoms with Gasteiger partial charge in [0.1, 0.15) is 27.9 Å². The molecule has 0 atom stereocenters. The second kappa shape index (κ2) is 14.5. The molecule has 4 nitrogen and oxygen atoms in total. The smallest absolute Gasteiger partial charge is 0.159 e. The van der Waals surface area contributed by atoms with Crippen LogP contribution in [0.2, 0.25) is 0 Å². The molecule has 0 aliphatic heterocycles. The average molecular weight is 820 g/mol. The summed E-state index contributed by atoms with van der Waals surface area (Å²) in [6, 6.07) is 78.9. The number of hydrogen-bond acceptors (Lipinski definition) is 4. The minimum absolute atomic E-state index is 0.802. The fourth-order valence-corrected chi connectivity index (χ4v) is 9.73. The molecule has 13 rings (SSSR count). The maximum atomic E-state index is 7.07. The molecule has 64 heavy (non-hydrogen) atoms. The summed E-state index contributed by atoms with van der Waals surface area (Å²) in [7, 11) is 0. The van der Waals surface area contributed by atoms with Gasteiger partial charge in [-0.05, 0) is 94.0 Å². The van der Waals surface area contributed by atoms with Gasteiger partial charge in [-0.3, -0.25) is 0 Å². The summed E-state index contributed by atoms with van der Waals surface area (Å²) in [6.07, 6.45) is 0. The van der Waals surface area contributed by atoms with Gasteiger partial charge in [0.25, 0.3) is 0 Å². The van der Waals surface area contributed by atoms with Gasteiger partial charge in [-0.25, -0.2) is 0 Å². The Bertz CT molecular complexity index is 3880. The van der Waals surface area contributed by atoms with Crippen molar-refractivity contribution < 1.29 is 13.3 Å². The first-order valence-electron chi connectivity index (χ1n) is 21.7. The first-order valence-corrected chi connectivity index (χ1v) is 21.7. The Kier molecular flexibility index (Phi) is 8.18. The molecule has 3 aromatic heterocycles. The van der Waals surface area contributed by atoms with Gasteiger partial charge in [0.2, 0.25) is 0 Å². The third-order valence-corrected chi connectivity index (χ3v) is 12.7. The largest absolute Gasteiger partial charge is 0.455 e. The Morgan fingerprint density at radius 2 is 0.812 bits per heavy atom. The Balaban J connectivity index is 1.13. The molecule has 0 amide bonds. The number of anilines is 3. The molecule has 3 heterocycles. The quantitative estimate of drug-likeness (QED) is 0.161. The van der Waals surface area contributed by atoms with Gasteiger partial charge >= 0.3 is 0 Å². The number of rotatable bonds is 7. The molecule has 0 saturated carbocycles. The molecule has 0 bridgehead atoms. The van der Waals surface area contributed by atoms with Crippen LogP contribution in [0.5, 0.6) is 0 Å². The number of nitrogens with zero attached hydrogens (tertiary/aromatic N) is 1. The van der Waals surface area contributed by atoms with E-state index in [1.165, 1.54) is 0 Å². The van der Waals surface area contributed by atoms with E-state index in [2.05, 4.69) is 211 Å². The Morgan fingerprint density at radius 3 is 1.53 bits per heavy atom. The van der Waals surface area contributed by atoms with Crippen LogP contribution in [0, 0.1) is 0 Å². The Morgan fingerprint density at radius 1 is 0.266 bits per heavy atom. The van der Waals surface area contributed by atoms with Crippen molar-refractivity contribution in [2.45, 2.75) is 0 Å². The normalized spacial score (nSPS) is 11.8. The minimum Gasteiger partial charge on any atom is -0.455 e. The molecule has 0 N–H and O–H groups in total. The molecule has 300 valence electrons. The Hall–Kier alpha value is -8.60. The van der Waals surface area contributed by atoms with Crippen LogP contribution in [0.4, 0.5) is 17.1 Å². The third kappa shape index (κ3) is 5.70. The van der Waals surface area contributed by atoms with E-state index in [-0.39, 0.29) is 0 Å². The van der Waals surface area contributed by atoms with Crippen LogP contribution in [0.15, 0.2) is 238 Å². The second-order valence-corrected chi connectivity index (χ2v) is 16.3. The van der Waals surface area contributed by atoms with Crippen LogP contribution < -0.4 is 4.90 Å². The van der Waals surface area contributed by atoms with Gasteiger partial charge in [0.05, 0.1) is 16.8 Å². The number of para-hydroxylation sites is 2. The molecule has 4 heteroatoms. The van der Waals surface area contributed by atoms with Gasteiger partial charge in [0, 0.05) is 43.7 Å². The van der Waals surface area contributed by atoms with E-state index in [1.54, 1.807) is 0 Å². The maximum absolute atomic E-state index is 7.07. The lowest BCUT2D eigenvalue weighted by Gasteiger charge is -2.27. The Labute approximate surface area is 368 Å². The number of benzene rings is 10. The molecule has 13 aromatic rings. The number of hydrogen-bond donors (Lipinski definition) is 0. The lowest BCUT2D eigenvalue weighted by Crippen LogP contribution is -2.10. The highest BCUT2D eigenvalue weighted by molar-refractivity contribution is 6.21. The fourth-order valence-electron chi connectivity index (χ4n) is 9.73. The molecule has 0 aliphatic carbocycles. The maximum Gasteiger partial charge on any atom is 0.159 e. The first-order chi connectivity index (χ1) is 31.7. The fraction of sp³-hybridized carbons (Fsp3) is 0. The molecule has 0 fully saturated rings. The van der Waals surface area contributed by atoms with Crippen molar-refractivity contribution in [3.63, 3.8) is 0 Å². The van der Waals surface area contributed by atoms with Crippen molar-refractivity contribution in [1.82, 2.24) is 0 Å². The third-order valence-electron chi connectivity index (χ3n) is 12.7. The van der Waals surface area contributed by atoms with Crippen LogP contribution in [-0.2, 0) is 0 Å². The van der Waals surface area contributed by atoms with Gasteiger partial charge in [-0.2, -0.15) is 0 Å². The minimum atomic E-state index is 0.802. The second-order valence-electron chi connectivity index (χ2n) is 16.3. The van der Waals surface area contributed by atoms with E-state index in [0.29, 0.717) is 0 Å². The zero-order valence-corrected chi connectivity index (χ0v) is 34.5. The molecular weight excluding hydrogens is 783 g/mol. The van der Waals surface area contributed by atoms with E-state index in [4.69, 9.17) is 13.3 Å². The number of furan rings is 3. The van der Waals surface area contributed by atoms with E-state index in [0.717, 1.165) is 127 Å². The van der Waals surface area contributed by atoms with E-state index < -0.39 is 0 Å². The number of fused-ring (bicyclic) bond motifs is 9. The highest BCUT2D eigenvalue weighted by Crippen LogP contribution is 2.50. The van der Waals surface area contributed by atoms with Gasteiger partial charge < -0.3 is 18.2 Å². The van der Waals surface area contributed by atoms with Crippen molar-refractivity contribution in [1.29, 1.82) is 0 Å². The summed E-state index contributed by atoms with van der Waals surface area (Å²) < 4.78 is 20.8. The topological polar surface area (TPSA) is 42.7 Å². The van der Waals surface area contributed by atoms with Crippen molar-refractivity contribution in [2.24, 2.45) is 0 Å². The van der Waals surface area contributed by atoms with Gasteiger partial charge in [-0.15, -0.1) is 0 Å². The average Bonchev–Trinajstić information content (AvgIpc) is 4.07. The molecule has 0 unspecified atom stereocenters. The summed E-state index contributed by atoms with van der Waals surface area (Å²) >= 11 is 0. The van der Waals surface area contributed by atoms with Crippen molar-refractivity contribution in [2.75, 3.05) is 4.90 Å². The molecule has 0 saturated heterocycles. The van der Waals surface area contributed by atoms with Crippen LogP contribution in [-0.4, -0.2) is 0 Å². The van der Waals surface area contributed by atoms with E-state index in [1.807, 2.05) is 18.2 Å². The lowest BCUT2D eigenvalue weighted by molar-refractivity contribution is 0.668. The molecular formula is C60H37NO3. The SMILES string of the molecule is c1ccc(-c2ccc3c(c2)oc2c(-c4ccccc4)ccc(N(c4ccc5oc6c(-c7ccccc7)ccc(-c7ccccc7)c6c5c4)c4cccc5c4oc4ccccc45)c23)cc1. The van der Waals surface area contributed by atoms with Crippen LogP contribution >= 0.6 is 0 Å².